The highest BCUT2D eigenvalue weighted by atomic mass is 19.1. The maximum atomic E-state index is 15.1. The smallest absolute Gasteiger partial charge is 0.350 e. The van der Waals surface area contributed by atoms with Gasteiger partial charge in [-0.2, -0.15) is 9.94 Å². The average Bonchev–Trinajstić information content (AvgIpc) is 3.11. The number of carbonyl (C=O) groups is 1. The van der Waals surface area contributed by atoms with Gasteiger partial charge in [0, 0.05) is 25.6 Å². The number of hydrogen-bond donors (Lipinski definition) is 1. The van der Waals surface area contributed by atoms with Gasteiger partial charge in [0.15, 0.2) is 0 Å². The van der Waals surface area contributed by atoms with Crippen LogP contribution >= 0.6 is 0 Å². The molecule has 0 fully saturated rings. The molecular weight excluding hydrogens is 425 g/mol. The molecule has 0 bridgehead atoms. The third kappa shape index (κ3) is 5.29. The van der Waals surface area contributed by atoms with Crippen molar-refractivity contribution in [2.45, 2.75) is 45.8 Å². The summed E-state index contributed by atoms with van der Waals surface area (Å²) in [5.41, 5.74) is 0.216. The Balaban J connectivity index is 2.05. The number of aryl methyl sites for hydroxylation is 1. The Morgan fingerprint density at radius 3 is 2.61 bits per heavy atom. The van der Waals surface area contributed by atoms with Gasteiger partial charge in [-0.05, 0) is 18.1 Å². The molecule has 1 unspecified atom stereocenters. The number of amides is 1. The topological polar surface area (TPSA) is 102 Å². The molecule has 8 nitrogen and oxygen atoms in total. The molecule has 0 radical (unpaired) electrons. The Bertz CT molecular complexity index is 1230. The number of halogens is 1. The van der Waals surface area contributed by atoms with Crippen molar-refractivity contribution in [1.82, 2.24) is 19.7 Å². The molecule has 0 saturated carbocycles. The number of hydrogen-bond acceptors (Lipinski definition) is 5. The van der Waals surface area contributed by atoms with Gasteiger partial charge in [-0.25, -0.2) is 9.18 Å². The van der Waals surface area contributed by atoms with Crippen LogP contribution in [0.25, 0.3) is 5.69 Å². The van der Waals surface area contributed by atoms with Crippen LogP contribution in [0.4, 0.5) is 4.39 Å². The van der Waals surface area contributed by atoms with Crippen molar-refractivity contribution >= 4 is 5.91 Å². The number of nitrogens with zero attached hydrogens (tertiary/aromatic N) is 4. The number of nitrogens with one attached hydrogen (secondary N) is 1. The molecule has 0 aliphatic rings. The van der Waals surface area contributed by atoms with Crippen molar-refractivity contribution in [3.8, 4) is 17.5 Å². The summed E-state index contributed by atoms with van der Waals surface area (Å²) in [6, 6.07) is 13.3. The largest absolute Gasteiger partial charge is 0.488 e. The second-order valence-electron chi connectivity index (χ2n) is 7.54. The first-order valence-corrected chi connectivity index (χ1v) is 10.7. The van der Waals surface area contributed by atoms with E-state index >= 15 is 4.39 Å². The van der Waals surface area contributed by atoms with Crippen LogP contribution in [0.2, 0.25) is 0 Å². The van der Waals surface area contributed by atoms with E-state index < -0.39 is 17.4 Å². The number of nitriles is 1. The van der Waals surface area contributed by atoms with E-state index in [2.05, 4.69) is 10.4 Å². The highest BCUT2D eigenvalue weighted by Crippen LogP contribution is 2.26. The first-order valence-electron chi connectivity index (χ1n) is 10.7. The van der Waals surface area contributed by atoms with Crippen LogP contribution in [0, 0.1) is 17.1 Å². The van der Waals surface area contributed by atoms with Crippen molar-refractivity contribution in [3.05, 3.63) is 75.7 Å². The zero-order valence-electron chi connectivity index (χ0n) is 18.8. The molecule has 33 heavy (non-hydrogen) atoms. The Morgan fingerprint density at radius 2 is 2.00 bits per heavy atom. The number of ether oxygens (including phenoxy) is 1. The molecule has 0 aliphatic heterocycles. The lowest BCUT2D eigenvalue weighted by molar-refractivity contribution is 0.0931. The third-order valence-electron chi connectivity index (χ3n) is 5.31. The monoisotopic (exact) mass is 451 g/mol. The molecule has 1 heterocycles. The fourth-order valence-corrected chi connectivity index (χ4v) is 3.35. The molecule has 1 aromatic heterocycles. The van der Waals surface area contributed by atoms with Crippen LogP contribution in [-0.4, -0.2) is 26.3 Å². The van der Waals surface area contributed by atoms with Gasteiger partial charge >= 0.3 is 5.69 Å². The van der Waals surface area contributed by atoms with Gasteiger partial charge in [0.25, 0.3) is 5.91 Å². The fourth-order valence-electron chi connectivity index (χ4n) is 3.35. The first-order chi connectivity index (χ1) is 15.9. The highest BCUT2D eigenvalue weighted by Gasteiger charge is 2.22. The molecule has 1 N–H and O–H groups in total. The molecule has 0 saturated heterocycles. The van der Waals surface area contributed by atoms with Crippen molar-refractivity contribution in [3.63, 3.8) is 0 Å². The quantitative estimate of drug-likeness (QED) is 0.538. The minimum absolute atomic E-state index is 0.0248. The fraction of sp³-hybridized carbons (Fsp3) is 0.333. The number of rotatable bonds is 9. The Hall–Kier alpha value is -3.93. The second kappa shape index (κ2) is 10.6. The summed E-state index contributed by atoms with van der Waals surface area (Å²) < 4.78 is 23.3. The zero-order chi connectivity index (χ0) is 24.0. The summed E-state index contributed by atoms with van der Waals surface area (Å²) in [6.45, 7) is 3.83. The summed E-state index contributed by atoms with van der Waals surface area (Å²) in [6.07, 6.45) is 1.17. The molecule has 1 atom stereocenters. The maximum absolute atomic E-state index is 15.1. The summed E-state index contributed by atoms with van der Waals surface area (Å²) >= 11 is 0. The van der Waals surface area contributed by atoms with Gasteiger partial charge in [-0.1, -0.05) is 44.2 Å². The minimum Gasteiger partial charge on any atom is -0.488 e. The van der Waals surface area contributed by atoms with Crippen molar-refractivity contribution < 1.29 is 13.9 Å². The summed E-state index contributed by atoms with van der Waals surface area (Å²) in [5.74, 6) is -0.748. The van der Waals surface area contributed by atoms with Crippen molar-refractivity contribution in [2.24, 2.45) is 7.05 Å². The highest BCUT2D eigenvalue weighted by molar-refractivity contribution is 5.97. The predicted octanol–water partition coefficient (Wildman–Crippen LogP) is 3.27. The summed E-state index contributed by atoms with van der Waals surface area (Å²) in [5, 5.41) is 15.9. The van der Waals surface area contributed by atoms with Crippen LogP contribution in [-0.2, 0) is 20.1 Å². The van der Waals surface area contributed by atoms with E-state index in [0.717, 1.165) is 16.3 Å². The lowest BCUT2D eigenvalue weighted by atomic mass is 10.1. The third-order valence-corrected chi connectivity index (χ3v) is 5.31. The molecule has 3 aromatic rings. The molecule has 9 heteroatoms. The van der Waals surface area contributed by atoms with E-state index in [-0.39, 0.29) is 36.1 Å². The van der Waals surface area contributed by atoms with Gasteiger partial charge in [0.1, 0.15) is 29.7 Å². The molecule has 0 aliphatic carbocycles. The van der Waals surface area contributed by atoms with E-state index in [4.69, 9.17) is 10.00 Å². The number of aromatic nitrogens is 3. The lowest BCUT2D eigenvalue weighted by Crippen LogP contribution is -2.34. The van der Waals surface area contributed by atoms with E-state index in [9.17, 15) is 9.59 Å². The molecule has 1 amide bonds. The van der Waals surface area contributed by atoms with E-state index in [1.54, 1.807) is 7.05 Å². The minimum atomic E-state index is -0.789. The maximum Gasteiger partial charge on any atom is 0.350 e. The van der Waals surface area contributed by atoms with E-state index in [1.807, 2.05) is 50.2 Å². The van der Waals surface area contributed by atoms with Crippen LogP contribution in [0.1, 0.15) is 48.4 Å². The number of benzene rings is 2. The molecule has 172 valence electrons. The summed E-state index contributed by atoms with van der Waals surface area (Å²) in [4.78, 5) is 25.5. The SMILES string of the molecule is CCc1nn(-c2cc(OCc3ccccc3)c(C(=O)NC(CC)CC#N)cc2F)c(=O)n1C. The average molecular weight is 452 g/mol. The van der Waals surface area contributed by atoms with Crippen molar-refractivity contribution in [1.29, 1.82) is 5.26 Å². The lowest BCUT2D eigenvalue weighted by Gasteiger charge is -2.17. The van der Waals surface area contributed by atoms with Crippen LogP contribution in [0.15, 0.2) is 47.3 Å². The van der Waals surface area contributed by atoms with Gasteiger partial charge < -0.3 is 10.1 Å². The Kier molecular flexibility index (Phi) is 7.61. The molecule has 3 rings (SSSR count). The normalized spacial score (nSPS) is 11.6. The standard InChI is InChI=1S/C24H26FN5O3/c1-4-17(11-12-26)27-23(31)18-13-19(25)20(30-24(32)29(3)22(5-2)28-30)14-21(18)33-15-16-9-7-6-8-10-16/h6-10,13-14,17H,4-5,11,15H2,1-3H3,(H,27,31). The Labute approximate surface area is 191 Å². The van der Waals surface area contributed by atoms with Crippen molar-refractivity contribution in [2.75, 3.05) is 0 Å². The van der Waals surface area contributed by atoms with Crippen LogP contribution in [0.5, 0.6) is 5.75 Å². The molecule has 0 spiro atoms. The van der Waals surface area contributed by atoms with Gasteiger partial charge in [-0.3, -0.25) is 9.36 Å². The molecular formula is C24H26FN5O3. The van der Waals surface area contributed by atoms with Crippen LogP contribution < -0.4 is 15.7 Å². The predicted molar refractivity (Wildman–Crippen MR) is 121 cm³/mol. The molecule has 2 aromatic carbocycles. The van der Waals surface area contributed by atoms with E-state index in [1.165, 1.54) is 10.6 Å². The van der Waals surface area contributed by atoms with E-state index in [0.29, 0.717) is 18.7 Å². The van der Waals surface area contributed by atoms with Gasteiger partial charge in [0.2, 0.25) is 0 Å². The Morgan fingerprint density at radius 1 is 1.27 bits per heavy atom. The van der Waals surface area contributed by atoms with Gasteiger partial charge in [-0.15, -0.1) is 5.10 Å². The second-order valence-corrected chi connectivity index (χ2v) is 7.54. The summed E-state index contributed by atoms with van der Waals surface area (Å²) in [7, 11) is 1.57. The van der Waals surface area contributed by atoms with Gasteiger partial charge in [0.05, 0.1) is 18.1 Å². The zero-order valence-corrected chi connectivity index (χ0v) is 18.8. The number of carbonyl (C=O) groups excluding carboxylic acids is 1. The van der Waals surface area contributed by atoms with Crippen LogP contribution in [0.3, 0.4) is 0 Å². The first kappa shape index (κ1) is 23.7.